The maximum absolute atomic E-state index is 12.2. The number of piperidine rings is 1. The third kappa shape index (κ3) is 4.45. The highest BCUT2D eigenvalue weighted by atomic mass is 16.2. The van der Waals surface area contributed by atoms with Crippen molar-refractivity contribution in [3.8, 4) is 0 Å². The van der Waals surface area contributed by atoms with Crippen molar-refractivity contribution in [2.75, 3.05) is 39.3 Å². The first-order chi connectivity index (χ1) is 9.70. The van der Waals surface area contributed by atoms with Gasteiger partial charge < -0.3 is 10.2 Å². The lowest BCUT2D eigenvalue weighted by Crippen LogP contribution is -2.48. The second-order valence-corrected chi connectivity index (χ2v) is 6.47. The third-order valence-electron chi connectivity index (χ3n) is 4.78. The molecule has 0 saturated carbocycles. The van der Waals surface area contributed by atoms with Crippen molar-refractivity contribution >= 4 is 5.91 Å². The summed E-state index contributed by atoms with van der Waals surface area (Å²) < 4.78 is 0. The van der Waals surface area contributed by atoms with Crippen LogP contribution in [-0.2, 0) is 4.79 Å². The SMILES string of the molecule is CCCNC(C)C1CCCN(CC(=O)N2CCCC2)C1. The van der Waals surface area contributed by atoms with E-state index in [1.807, 2.05) is 4.90 Å². The van der Waals surface area contributed by atoms with Gasteiger partial charge in [0.25, 0.3) is 0 Å². The lowest BCUT2D eigenvalue weighted by atomic mass is 9.91. The van der Waals surface area contributed by atoms with Gasteiger partial charge >= 0.3 is 0 Å². The van der Waals surface area contributed by atoms with E-state index in [2.05, 4.69) is 24.1 Å². The van der Waals surface area contributed by atoms with Crippen LogP contribution in [0.15, 0.2) is 0 Å². The van der Waals surface area contributed by atoms with E-state index in [9.17, 15) is 4.79 Å². The summed E-state index contributed by atoms with van der Waals surface area (Å²) in [7, 11) is 0. The molecule has 2 aliphatic rings. The molecule has 2 heterocycles. The highest BCUT2D eigenvalue weighted by molar-refractivity contribution is 5.78. The number of hydrogen-bond acceptors (Lipinski definition) is 3. The maximum atomic E-state index is 12.2. The fourth-order valence-electron chi connectivity index (χ4n) is 3.44. The Morgan fingerprint density at radius 2 is 2.00 bits per heavy atom. The molecule has 1 N–H and O–H groups in total. The van der Waals surface area contributed by atoms with Crippen molar-refractivity contribution in [3.05, 3.63) is 0 Å². The molecule has 0 aromatic rings. The van der Waals surface area contributed by atoms with Crippen LogP contribution in [0.4, 0.5) is 0 Å². The second-order valence-electron chi connectivity index (χ2n) is 6.47. The molecule has 2 rings (SSSR count). The number of nitrogens with zero attached hydrogens (tertiary/aromatic N) is 2. The topological polar surface area (TPSA) is 35.6 Å². The zero-order valence-electron chi connectivity index (χ0n) is 13.2. The van der Waals surface area contributed by atoms with Crippen molar-refractivity contribution in [1.29, 1.82) is 0 Å². The van der Waals surface area contributed by atoms with Gasteiger partial charge in [0.2, 0.25) is 5.91 Å². The Balaban J connectivity index is 1.76. The summed E-state index contributed by atoms with van der Waals surface area (Å²) in [6.45, 7) is 10.4. The number of likely N-dealkylation sites (tertiary alicyclic amines) is 2. The van der Waals surface area contributed by atoms with Gasteiger partial charge in [0, 0.05) is 25.7 Å². The standard InChI is InChI=1S/C16H31N3O/c1-3-8-17-14(2)15-7-6-9-18(12-15)13-16(20)19-10-4-5-11-19/h14-15,17H,3-13H2,1-2H3. The van der Waals surface area contributed by atoms with Gasteiger partial charge in [-0.15, -0.1) is 0 Å². The summed E-state index contributed by atoms with van der Waals surface area (Å²) in [4.78, 5) is 16.6. The van der Waals surface area contributed by atoms with Crippen molar-refractivity contribution in [3.63, 3.8) is 0 Å². The average Bonchev–Trinajstić information content (AvgIpc) is 2.99. The van der Waals surface area contributed by atoms with Crippen molar-refractivity contribution in [1.82, 2.24) is 15.1 Å². The zero-order valence-corrected chi connectivity index (χ0v) is 13.2. The molecule has 2 saturated heterocycles. The molecule has 0 bridgehead atoms. The van der Waals surface area contributed by atoms with Crippen molar-refractivity contribution in [2.45, 2.75) is 52.0 Å². The van der Waals surface area contributed by atoms with Crippen LogP contribution in [-0.4, -0.2) is 61.0 Å². The fraction of sp³-hybridized carbons (Fsp3) is 0.938. The first kappa shape index (κ1) is 15.8. The molecule has 20 heavy (non-hydrogen) atoms. The van der Waals surface area contributed by atoms with Gasteiger partial charge in [-0.1, -0.05) is 6.92 Å². The van der Waals surface area contributed by atoms with Gasteiger partial charge in [-0.2, -0.15) is 0 Å². The number of amides is 1. The average molecular weight is 281 g/mol. The van der Waals surface area contributed by atoms with Crippen LogP contribution in [0.3, 0.4) is 0 Å². The van der Waals surface area contributed by atoms with Crippen LogP contribution in [0.1, 0.15) is 46.0 Å². The van der Waals surface area contributed by atoms with Gasteiger partial charge in [-0.25, -0.2) is 0 Å². The Kier molecular flexibility index (Phi) is 6.30. The number of hydrogen-bond donors (Lipinski definition) is 1. The van der Waals surface area contributed by atoms with Gasteiger partial charge in [0.15, 0.2) is 0 Å². The Bertz CT molecular complexity index is 302. The number of carbonyl (C=O) groups excluding carboxylic acids is 1. The number of carbonyl (C=O) groups is 1. The molecule has 0 spiro atoms. The molecule has 0 aliphatic carbocycles. The minimum Gasteiger partial charge on any atom is -0.342 e. The molecule has 2 atom stereocenters. The molecular weight excluding hydrogens is 250 g/mol. The zero-order chi connectivity index (χ0) is 14.4. The van der Waals surface area contributed by atoms with Crippen LogP contribution >= 0.6 is 0 Å². The molecule has 0 radical (unpaired) electrons. The predicted molar refractivity (Wildman–Crippen MR) is 82.7 cm³/mol. The Hall–Kier alpha value is -0.610. The van der Waals surface area contributed by atoms with E-state index < -0.39 is 0 Å². The van der Waals surface area contributed by atoms with E-state index in [-0.39, 0.29) is 0 Å². The normalized spacial score (nSPS) is 25.9. The first-order valence-corrected chi connectivity index (χ1v) is 8.44. The summed E-state index contributed by atoms with van der Waals surface area (Å²) in [5, 5.41) is 3.61. The summed E-state index contributed by atoms with van der Waals surface area (Å²) in [5.74, 6) is 1.04. The Morgan fingerprint density at radius 3 is 2.70 bits per heavy atom. The molecule has 2 fully saturated rings. The molecule has 1 amide bonds. The van der Waals surface area contributed by atoms with Crippen LogP contribution in [0.25, 0.3) is 0 Å². The van der Waals surface area contributed by atoms with E-state index in [4.69, 9.17) is 0 Å². The highest BCUT2D eigenvalue weighted by Gasteiger charge is 2.27. The lowest BCUT2D eigenvalue weighted by molar-refractivity contribution is -0.131. The predicted octanol–water partition coefficient (Wildman–Crippen LogP) is 1.71. The van der Waals surface area contributed by atoms with E-state index in [1.165, 1.54) is 32.1 Å². The third-order valence-corrected chi connectivity index (χ3v) is 4.78. The van der Waals surface area contributed by atoms with Crippen molar-refractivity contribution < 1.29 is 4.79 Å². The summed E-state index contributed by atoms with van der Waals surface area (Å²) in [6.07, 6.45) is 6.09. The summed E-state index contributed by atoms with van der Waals surface area (Å²) in [6, 6.07) is 0.569. The molecule has 4 nitrogen and oxygen atoms in total. The van der Waals surface area contributed by atoms with Gasteiger partial charge in [-0.05, 0) is 58.0 Å². The Labute approximate surface area is 123 Å². The molecular formula is C16H31N3O. The van der Waals surface area contributed by atoms with Gasteiger partial charge in [0.1, 0.15) is 0 Å². The summed E-state index contributed by atoms with van der Waals surface area (Å²) >= 11 is 0. The molecule has 2 aliphatic heterocycles. The number of nitrogens with one attached hydrogen (secondary N) is 1. The van der Waals surface area contributed by atoms with Crippen LogP contribution in [0, 0.1) is 5.92 Å². The van der Waals surface area contributed by atoms with Crippen LogP contribution < -0.4 is 5.32 Å². The summed E-state index contributed by atoms with van der Waals surface area (Å²) in [5.41, 5.74) is 0. The molecule has 116 valence electrons. The lowest BCUT2D eigenvalue weighted by Gasteiger charge is -2.36. The van der Waals surface area contributed by atoms with E-state index >= 15 is 0 Å². The van der Waals surface area contributed by atoms with Crippen molar-refractivity contribution in [2.24, 2.45) is 5.92 Å². The quantitative estimate of drug-likeness (QED) is 0.805. The first-order valence-electron chi connectivity index (χ1n) is 8.44. The molecule has 0 aromatic heterocycles. The van der Waals surface area contributed by atoms with E-state index in [0.29, 0.717) is 24.4 Å². The van der Waals surface area contributed by atoms with E-state index in [0.717, 1.165) is 32.7 Å². The highest BCUT2D eigenvalue weighted by Crippen LogP contribution is 2.20. The minimum atomic E-state index is 0.345. The second kappa shape index (κ2) is 7.99. The molecule has 2 unspecified atom stereocenters. The Morgan fingerprint density at radius 1 is 1.25 bits per heavy atom. The van der Waals surface area contributed by atoms with Gasteiger partial charge in [-0.3, -0.25) is 9.69 Å². The largest absolute Gasteiger partial charge is 0.342 e. The monoisotopic (exact) mass is 281 g/mol. The maximum Gasteiger partial charge on any atom is 0.236 e. The number of rotatable bonds is 6. The molecule has 0 aromatic carbocycles. The smallest absolute Gasteiger partial charge is 0.236 e. The van der Waals surface area contributed by atoms with Crippen LogP contribution in [0.5, 0.6) is 0 Å². The fourth-order valence-corrected chi connectivity index (χ4v) is 3.44. The minimum absolute atomic E-state index is 0.345. The molecule has 4 heteroatoms. The van der Waals surface area contributed by atoms with Crippen LogP contribution in [0.2, 0.25) is 0 Å². The van der Waals surface area contributed by atoms with Gasteiger partial charge in [0.05, 0.1) is 6.54 Å². The van der Waals surface area contributed by atoms with E-state index in [1.54, 1.807) is 0 Å².